The molecule has 9 heteroatoms. The molecule has 2 rings (SSSR count). The molecule has 126 valence electrons. The zero-order chi connectivity index (χ0) is 17.9. The van der Waals surface area contributed by atoms with Crippen LogP contribution in [0.25, 0.3) is 0 Å². The predicted octanol–water partition coefficient (Wildman–Crippen LogP) is 2.31. The Bertz CT molecular complexity index is 807. The Kier molecular flexibility index (Phi) is 5.24. The lowest BCUT2D eigenvalue weighted by molar-refractivity contribution is -0.123. The van der Waals surface area contributed by atoms with Crippen molar-refractivity contribution in [2.24, 2.45) is 5.73 Å². The molecule has 0 aliphatic heterocycles. The van der Waals surface area contributed by atoms with Gasteiger partial charge in [-0.1, -0.05) is 0 Å². The number of carbonyl (C=O) groups excluding carboxylic acids is 3. The van der Waals surface area contributed by atoms with E-state index in [0.717, 1.165) is 23.5 Å². The van der Waals surface area contributed by atoms with Crippen molar-refractivity contribution >= 4 is 34.1 Å². The summed E-state index contributed by atoms with van der Waals surface area (Å²) in [6.45, 7) is 1.30. The van der Waals surface area contributed by atoms with Gasteiger partial charge >= 0.3 is 5.97 Å². The first kappa shape index (κ1) is 17.5. The van der Waals surface area contributed by atoms with Crippen LogP contribution in [-0.4, -0.2) is 23.9 Å². The van der Waals surface area contributed by atoms with Gasteiger partial charge in [-0.25, -0.2) is 13.6 Å². The second kappa shape index (κ2) is 7.18. The highest BCUT2D eigenvalue weighted by molar-refractivity contribution is 7.14. The summed E-state index contributed by atoms with van der Waals surface area (Å²) in [6, 6.07) is 3.94. The van der Waals surface area contributed by atoms with E-state index >= 15 is 0 Å². The van der Waals surface area contributed by atoms with Crippen LogP contribution >= 0.6 is 11.3 Å². The molecule has 1 heterocycles. The second-order valence-electron chi connectivity index (χ2n) is 4.69. The monoisotopic (exact) mass is 354 g/mol. The smallest absolute Gasteiger partial charge is 0.339 e. The van der Waals surface area contributed by atoms with E-state index in [9.17, 15) is 23.2 Å². The molecule has 1 aromatic heterocycles. The fourth-order valence-corrected chi connectivity index (χ4v) is 2.51. The van der Waals surface area contributed by atoms with Crippen LogP contribution in [-0.2, 0) is 9.53 Å². The summed E-state index contributed by atoms with van der Waals surface area (Å²) in [5.74, 6) is -4.70. The molecule has 0 saturated carbocycles. The molecule has 0 spiro atoms. The SMILES string of the molecule is C[C@H](OC(=O)c1ccc(F)c(F)c1)C(=O)Nc1sccc1C(N)=O. The quantitative estimate of drug-likeness (QED) is 0.805. The van der Waals surface area contributed by atoms with E-state index in [2.05, 4.69) is 5.32 Å². The summed E-state index contributed by atoms with van der Waals surface area (Å²) in [4.78, 5) is 35.0. The fourth-order valence-electron chi connectivity index (χ4n) is 1.72. The van der Waals surface area contributed by atoms with Crippen LogP contribution in [0.4, 0.5) is 13.8 Å². The lowest BCUT2D eigenvalue weighted by atomic mass is 10.2. The number of thiophene rings is 1. The van der Waals surface area contributed by atoms with Crippen molar-refractivity contribution < 1.29 is 27.9 Å². The van der Waals surface area contributed by atoms with Gasteiger partial charge in [-0.3, -0.25) is 9.59 Å². The van der Waals surface area contributed by atoms with Crippen LogP contribution in [0.5, 0.6) is 0 Å². The Morgan fingerprint density at radius 3 is 2.54 bits per heavy atom. The number of amides is 2. The Labute approximate surface area is 139 Å². The number of rotatable bonds is 5. The largest absolute Gasteiger partial charge is 0.449 e. The zero-order valence-corrected chi connectivity index (χ0v) is 13.2. The molecule has 0 aliphatic carbocycles. The van der Waals surface area contributed by atoms with Gasteiger partial charge in [-0.05, 0) is 36.6 Å². The number of primary amides is 1. The highest BCUT2D eigenvalue weighted by atomic mass is 32.1. The number of esters is 1. The molecule has 6 nitrogen and oxygen atoms in total. The Hall–Kier alpha value is -2.81. The van der Waals surface area contributed by atoms with Crippen molar-refractivity contribution in [1.29, 1.82) is 0 Å². The van der Waals surface area contributed by atoms with Gasteiger partial charge in [-0.15, -0.1) is 11.3 Å². The summed E-state index contributed by atoms with van der Waals surface area (Å²) in [5.41, 5.74) is 5.06. The average Bonchev–Trinajstić information content (AvgIpc) is 2.98. The van der Waals surface area contributed by atoms with E-state index in [1.54, 1.807) is 5.38 Å². The van der Waals surface area contributed by atoms with Gasteiger partial charge < -0.3 is 15.8 Å². The van der Waals surface area contributed by atoms with Crippen molar-refractivity contribution in [1.82, 2.24) is 0 Å². The number of nitrogens with one attached hydrogen (secondary N) is 1. The molecule has 0 fully saturated rings. The van der Waals surface area contributed by atoms with E-state index in [1.807, 2.05) is 0 Å². The van der Waals surface area contributed by atoms with Gasteiger partial charge in [0.15, 0.2) is 17.7 Å². The lowest BCUT2D eigenvalue weighted by Gasteiger charge is -2.13. The Morgan fingerprint density at radius 2 is 1.92 bits per heavy atom. The van der Waals surface area contributed by atoms with Crippen molar-refractivity contribution in [2.45, 2.75) is 13.0 Å². The van der Waals surface area contributed by atoms with E-state index in [4.69, 9.17) is 10.5 Å². The number of hydrogen-bond acceptors (Lipinski definition) is 5. The number of anilines is 1. The standard InChI is InChI=1S/C15H12F2N2O4S/c1-7(13(21)19-14-9(12(18)20)4-5-24-14)23-15(22)8-2-3-10(16)11(17)6-8/h2-7H,1H3,(H2,18,20)(H,19,21)/t7-/m0/s1. The Morgan fingerprint density at radius 1 is 1.21 bits per heavy atom. The molecule has 0 aliphatic rings. The molecule has 1 aromatic carbocycles. The topological polar surface area (TPSA) is 98.5 Å². The molecule has 0 saturated heterocycles. The maximum absolute atomic E-state index is 13.1. The van der Waals surface area contributed by atoms with Crippen LogP contribution < -0.4 is 11.1 Å². The molecule has 2 amide bonds. The number of hydrogen-bond donors (Lipinski definition) is 2. The van der Waals surface area contributed by atoms with Gasteiger partial charge in [0.25, 0.3) is 11.8 Å². The summed E-state index contributed by atoms with van der Waals surface area (Å²) >= 11 is 1.08. The van der Waals surface area contributed by atoms with Crippen molar-refractivity contribution in [2.75, 3.05) is 5.32 Å². The van der Waals surface area contributed by atoms with E-state index in [1.165, 1.54) is 13.0 Å². The van der Waals surface area contributed by atoms with Crippen LogP contribution in [0.3, 0.4) is 0 Å². The minimum Gasteiger partial charge on any atom is -0.449 e. The third kappa shape index (κ3) is 3.93. The first-order chi connectivity index (χ1) is 11.3. The second-order valence-corrected chi connectivity index (χ2v) is 5.61. The molecule has 24 heavy (non-hydrogen) atoms. The van der Waals surface area contributed by atoms with Crippen molar-refractivity contribution in [3.63, 3.8) is 0 Å². The molecule has 0 bridgehead atoms. The Balaban J connectivity index is 2.03. The summed E-state index contributed by atoms with van der Waals surface area (Å²) in [7, 11) is 0. The van der Waals surface area contributed by atoms with Crippen LogP contribution in [0, 0.1) is 11.6 Å². The van der Waals surface area contributed by atoms with Crippen LogP contribution in [0.15, 0.2) is 29.6 Å². The molecular weight excluding hydrogens is 342 g/mol. The zero-order valence-electron chi connectivity index (χ0n) is 12.3. The van der Waals surface area contributed by atoms with Crippen molar-refractivity contribution in [3.05, 3.63) is 52.4 Å². The van der Waals surface area contributed by atoms with Crippen LogP contribution in [0.1, 0.15) is 27.6 Å². The minimum atomic E-state index is -1.23. The first-order valence-electron chi connectivity index (χ1n) is 6.63. The number of ether oxygens (including phenoxy) is 1. The number of carbonyl (C=O) groups is 3. The normalized spacial score (nSPS) is 11.6. The van der Waals surface area contributed by atoms with Gasteiger partial charge in [0.05, 0.1) is 11.1 Å². The molecule has 0 radical (unpaired) electrons. The maximum Gasteiger partial charge on any atom is 0.339 e. The lowest BCUT2D eigenvalue weighted by Crippen LogP contribution is -2.30. The third-order valence-electron chi connectivity index (χ3n) is 2.98. The fraction of sp³-hybridized carbons (Fsp3) is 0.133. The van der Waals surface area contributed by atoms with Gasteiger partial charge in [0.2, 0.25) is 0 Å². The van der Waals surface area contributed by atoms with Gasteiger partial charge in [-0.2, -0.15) is 0 Å². The van der Waals surface area contributed by atoms with Gasteiger partial charge in [0, 0.05) is 0 Å². The summed E-state index contributed by atoms with van der Waals surface area (Å²) < 4.78 is 30.8. The molecule has 2 aromatic rings. The highest BCUT2D eigenvalue weighted by Crippen LogP contribution is 2.23. The first-order valence-corrected chi connectivity index (χ1v) is 7.51. The molecule has 0 unspecified atom stereocenters. The third-order valence-corrected chi connectivity index (χ3v) is 3.81. The van der Waals surface area contributed by atoms with Crippen molar-refractivity contribution in [3.8, 4) is 0 Å². The number of halogens is 2. The molecule has 1 atom stereocenters. The van der Waals surface area contributed by atoms with E-state index < -0.39 is 35.5 Å². The van der Waals surface area contributed by atoms with Gasteiger partial charge in [0.1, 0.15) is 5.00 Å². The van der Waals surface area contributed by atoms with Crippen LogP contribution in [0.2, 0.25) is 0 Å². The van der Waals surface area contributed by atoms with E-state index in [0.29, 0.717) is 6.07 Å². The summed E-state index contributed by atoms with van der Waals surface area (Å²) in [6.07, 6.45) is -1.23. The predicted molar refractivity (Wildman–Crippen MR) is 82.7 cm³/mol. The highest BCUT2D eigenvalue weighted by Gasteiger charge is 2.22. The number of benzene rings is 1. The molecule has 3 N–H and O–H groups in total. The maximum atomic E-state index is 13.1. The minimum absolute atomic E-state index is 0.132. The number of nitrogens with two attached hydrogens (primary N) is 1. The summed E-state index contributed by atoms with van der Waals surface area (Å²) in [5, 5.41) is 4.20. The van der Waals surface area contributed by atoms with E-state index in [-0.39, 0.29) is 16.1 Å². The molecular formula is C15H12F2N2O4S. The average molecular weight is 354 g/mol.